The molecule has 0 aliphatic carbocycles. The monoisotopic (exact) mass is 242 g/mol. The molecule has 0 spiro atoms. The summed E-state index contributed by atoms with van der Waals surface area (Å²) in [4.78, 5) is 12.4. The van der Waals surface area contributed by atoms with Crippen molar-refractivity contribution in [2.24, 2.45) is 11.1 Å². The molecule has 5 heteroatoms. The minimum Gasteiger partial charge on any atom is -0.379 e. The predicted octanol–water partition coefficient (Wildman–Crippen LogP) is 0.0339. The summed E-state index contributed by atoms with van der Waals surface area (Å²) in [5, 5.41) is 3.09. The molecule has 0 saturated carbocycles. The van der Waals surface area contributed by atoms with E-state index in [1.54, 1.807) is 0 Å². The number of nitrogens with two attached hydrogens (primary N) is 1. The first-order chi connectivity index (χ1) is 7.88. The maximum atomic E-state index is 12.4. The van der Waals surface area contributed by atoms with Crippen LogP contribution in [-0.2, 0) is 14.3 Å². The lowest BCUT2D eigenvalue weighted by molar-refractivity contribution is -0.133. The summed E-state index contributed by atoms with van der Waals surface area (Å²) in [7, 11) is 0. The average molecular weight is 242 g/mol. The Labute approximate surface area is 102 Å². The van der Waals surface area contributed by atoms with Crippen molar-refractivity contribution < 1.29 is 14.3 Å². The molecular weight excluding hydrogens is 220 g/mol. The van der Waals surface area contributed by atoms with E-state index in [0.29, 0.717) is 19.8 Å². The minimum absolute atomic E-state index is 0.0256. The standard InChI is InChI=1S/C12H22N2O3/c1-8-12(3,4-5-17-8)14-10(15)11(2)7-16-6-9(11)13/h8-9H,4-7,13H2,1-3H3,(H,14,15). The summed E-state index contributed by atoms with van der Waals surface area (Å²) in [5.41, 5.74) is 5.04. The Morgan fingerprint density at radius 2 is 2.18 bits per heavy atom. The molecule has 0 radical (unpaired) electrons. The third-order valence-electron chi connectivity index (χ3n) is 4.32. The zero-order valence-electron chi connectivity index (χ0n) is 10.8. The number of rotatable bonds is 2. The van der Waals surface area contributed by atoms with Crippen molar-refractivity contribution in [3.8, 4) is 0 Å². The molecule has 2 heterocycles. The SMILES string of the molecule is CC1OCCC1(C)NC(=O)C1(C)COCC1N. The summed E-state index contributed by atoms with van der Waals surface area (Å²) in [6, 6.07) is -0.233. The molecular formula is C12H22N2O3. The molecule has 2 aliphatic heterocycles. The van der Waals surface area contributed by atoms with Crippen LogP contribution in [0.25, 0.3) is 0 Å². The maximum Gasteiger partial charge on any atom is 0.230 e. The lowest BCUT2D eigenvalue weighted by atomic mass is 9.83. The van der Waals surface area contributed by atoms with Gasteiger partial charge >= 0.3 is 0 Å². The molecule has 0 bridgehead atoms. The van der Waals surface area contributed by atoms with E-state index < -0.39 is 5.41 Å². The topological polar surface area (TPSA) is 73.6 Å². The number of hydrogen-bond donors (Lipinski definition) is 2. The molecule has 2 rings (SSSR count). The van der Waals surface area contributed by atoms with Gasteiger partial charge in [-0.1, -0.05) is 0 Å². The molecule has 4 unspecified atom stereocenters. The molecule has 1 amide bonds. The highest BCUT2D eigenvalue weighted by molar-refractivity contribution is 5.84. The van der Waals surface area contributed by atoms with E-state index >= 15 is 0 Å². The van der Waals surface area contributed by atoms with Gasteiger partial charge in [0.15, 0.2) is 0 Å². The Bertz CT molecular complexity index is 323. The van der Waals surface area contributed by atoms with Gasteiger partial charge in [0.25, 0.3) is 0 Å². The van der Waals surface area contributed by atoms with Crippen molar-refractivity contribution in [1.29, 1.82) is 0 Å². The second-order valence-corrected chi connectivity index (χ2v) is 5.67. The van der Waals surface area contributed by atoms with Crippen LogP contribution in [0.4, 0.5) is 0 Å². The molecule has 17 heavy (non-hydrogen) atoms. The summed E-state index contributed by atoms with van der Waals surface area (Å²) in [5.74, 6) is -0.0256. The van der Waals surface area contributed by atoms with E-state index in [0.717, 1.165) is 6.42 Å². The first kappa shape index (κ1) is 12.8. The first-order valence-corrected chi connectivity index (χ1v) is 6.16. The van der Waals surface area contributed by atoms with Crippen molar-refractivity contribution in [2.45, 2.75) is 44.9 Å². The van der Waals surface area contributed by atoms with Crippen LogP contribution in [0.15, 0.2) is 0 Å². The number of hydrogen-bond acceptors (Lipinski definition) is 4. The van der Waals surface area contributed by atoms with Crippen LogP contribution in [-0.4, -0.2) is 43.4 Å². The van der Waals surface area contributed by atoms with Gasteiger partial charge < -0.3 is 20.5 Å². The third-order valence-corrected chi connectivity index (χ3v) is 4.32. The highest BCUT2D eigenvalue weighted by Gasteiger charge is 2.48. The van der Waals surface area contributed by atoms with Crippen LogP contribution in [0.2, 0.25) is 0 Å². The van der Waals surface area contributed by atoms with Crippen molar-refractivity contribution in [2.75, 3.05) is 19.8 Å². The van der Waals surface area contributed by atoms with E-state index in [1.807, 2.05) is 20.8 Å². The fraction of sp³-hybridized carbons (Fsp3) is 0.917. The number of carbonyl (C=O) groups is 1. The van der Waals surface area contributed by atoms with Crippen molar-refractivity contribution in [1.82, 2.24) is 5.32 Å². The quantitative estimate of drug-likeness (QED) is 0.716. The molecule has 5 nitrogen and oxygen atoms in total. The van der Waals surface area contributed by atoms with Gasteiger partial charge in [-0.15, -0.1) is 0 Å². The Hall–Kier alpha value is -0.650. The first-order valence-electron chi connectivity index (χ1n) is 6.16. The molecule has 2 aliphatic rings. The van der Waals surface area contributed by atoms with Crippen LogP contribution in [0.1, 0.15) is 27.2 Å². The molecule has 2 saturated heterocycles. The molecule has 0 aromatic heterocycles. The van der Waals surface area contributed by atoms with Gasteiger partial charge in [0.2, 0.25) is 5.91 Å². The van der Waals surface area contributed by atoms with E-state index in [1.165, 1.54) is 0 Å². The zero-order chi connectivity index (χ0) is 12.7. The lowest BCUT2D eigenvalue weighted by Gasteiger charge is -2.34. The molecule has 3 N–H and O–H groups in total. The van der Waals surface area contributed by atoms with E-state index in [9.17, 15) is 4.79 Å². The number of ether oxygens (including phenoxy) is 2. The number of carbonyl (C=O) groups excluding carboxylic acids is 1. The predicted molar refractivity (Wildman–Crippen MR) is 63.5 cm³/mol. The maximum absolute atomic E-state index is 12.4. The minimum atomic E-state index is -0.620. The summed E-state index contributed by atoms with van der Waals surface area (Å²) in [6.45, 7) is 7.41. The van der Waals surface area contributed by atoms with Gasteiger partial charge in [-0.25, -0.2) is 0 Å². The van der Waals surface area contributed by atoms with Crippen LogP contribution in [0, 0.1) is 5.41 Å². The van der Waals surface area contributed by atoms with Crippen LogP contribution >= 0.6 is 0 Å². The van der Waals surface area contributed by atoms with Crippen molar-refractivity contribution >= 4 is 5.91 Å². The highest BCUT2D eigenvalue weighted by Crippen LogP contribution is 2.31. The summed E-state index contributed by atoms with van der Waals surface area (Å²) >= 11 is 0. The van der Waals surface area contributed by atoms with Gasteiger partial charge in [0.1, 0.15) is 0 Å². The third kappa shape index (κ3) is 2.07. The van der Waals surface area contributed by atoms with Crippen LogP contribution in [0.3, 0.4) is 0 Å². The molecule has 2 fully saturated rings. The van der Waals surface area contributed by atoms with E-state index in [-0.39, 0.29) is 23.6 Å². The Kier molecular flexibility index (Phi) is 3.18. The van der Waals surface area contributed by atoms with Gasteiger partial charge in [-0.2, -0.15) is 0 Å². The summed E-state index contributed by atoms with van der Waals surface area (Å²) < 4.78 is 10.8. The van der Waals surface area contributed by atoms with Crippen molar-refractivity contribution in [3.05, 3.63) is 0 Å². The largest absolute Gasteiger partial charge is 0.379 e. The van der Waals surface area contributed by atoms with Gasteiger partial charge in [0.05, 0.1) is 30.3 Å². The van der Waals surface area contributed by atoms with E-state index in [4.69, 9.17) is 15.2 Å². The average Bonchev–Trinajstić information content (AvgIpc) is 2.75. The van der Waals surface area contributed by atoms with Crippen molar-refractivity contribution in [3.63, 3.8) is 0 Å². The molecule has 4 atom stereocenters. The number of amides is 1. The Morgan fingerprint density at radius 1 is 1.47 bits per heavy atom. The fourth-order valence-corrected chi connectivity index (χ4v) is 2.32. The second kappa shape index (κ2) is 4.23. The Morgan fingerprint density at radius 3 is 2.65 bits per heavy atom. The van der Waals surface area contributed by atoms with Gasteiger partial charge in [0, 0.05) is 12.6 Å². The smallest absolute Gasteiger partial charge is 0.230 e. The fourth-order valence-electron chi connectivity index (χ4n) is 2.32. The van der Waals surface area contributed by atoms with Crippen LogP contribution < -0.4 is 11.1 Å². The molecule has 98 valence electrons. The molecule has 0 aromatic rings. The number of nitrogens with one attached hydrogen (secondary N) is 1. The van der Waals surface area contributed by atoms with Gasteiger partial charge in [-0.05, 0) is 27.2 Å². The van der Waals surface area contributed by atoms with Crippen LogP contribution in [0.5, 0.6) is 0 Å². The molecule has 0 aromatic carbocycles. The zero-order valence-corrected chi connectivity index (χ0v) is 10.8. The lowest BCUT2D eigenvalue weighted by Crippen LogP contribution is -2.58. The van der Waals surface area contributed by atoms with E-state index in [2.05, 4.69) is 5.32 Å². The summed E-state index contributed by atoms with van der Waals surface area (Å²) in [6.07, 6.45) is 0.875. The Balaban J connectivity index is 2.06. The highest BCUT2D eigenvalue weighted by atomic mass is 16.5. The van der Waals surface area contributed by atoms with Gasteiger partial charge in [-0.3, -0.25) is 4.79 Å². The normalized spacial score (nSPS) is 46.1. The second-order valence-electron chi connectivity index (χ2n) is 5.67.